The van der Waals surface area contributed by atoms with E-state index in [-0.39, 0.29) is 6.61 Å². The molecule has 0 atom stereocenters. The van der Waals surface area contributed by atoms with Gasteiger partial charge in [-0.25, -0.2) is 14.8 Å². The van der Waals surface area contributed by atoms with Crippen LogP contribution in [0, 0.1) is 0 Å². The van der Waals surface area contributed by atoms with E-state index in [0.29, 0.717) is 10.3 Å². The molecule has 1 aromatic heterocycles. The molecule has 5 nitrogen and oxygen atoms in total. The number of carbonyl (C=O) groups excluding carboxylic acids is 1. The molecule has 0 saturated heterocycles. The maximum absolute atomic E-state index is 11.7. The lowest BCUT2D eigenvalue weighted by molar-refractivity contribution is 0.155. The van der Waals surface area contributed by atoms with Crippen LogP contribution in [0.5, 0.6) is 0 Å². The molecule has 0 spiro atoms. The second kappa shape index (κ2) is 7.00. The number of hydrogen-bond acceptors (Lipinski definition) is 4. The number of nitrogens with one attached hydrogen (secondary N) is 1. The van der Waals surface area contributed by atoms with Crippen LogP contribution < -0.4 is 5.32 Å². The predicted octanol–water partition coefficient (Wildman–Crippen LogP) is 3.55. The van der Waals surface area contributed by atoms with E-state index in [2.05, 4.69) is 31.2 Å². The zero-order valence-electron chi connectivity index (χ0n) is 11.0. The third-order valence-electron chi connectivity index (χ3n) is 2.63. The number of rotatable bonds is 4. The van der Waals surface area contributed by atoms with Gasteiger partial charge in [-0.1, -0.05) is 37.3 Å². The van der Waals surface area contributed by atoms with E-state index in [4.69, 9.17) is 4.74 Å². The molecular weight excluding hydrogens is 322 g/mol. The van der Waals surface area contributed by atoms with Crippen LogP contribution in [0.2, 0.25) is 0 Å². The number of halogens is 1. The van der Waals surface area contributed by atoms with Crippen molar-refractivity contribution in [2.45, 2.75) is 20.0 Å². The molecule has 1 amide bonds. The summed E-state index contributed by atoms with van der Waals surface area (Å²) in [4.78, 5) is 19.8. The number of benzene rings is 1. The summed E-state index contributed by atoms with van der Waals surface area (Å²) in [5.41, 5.74) is 1.76. The number of aryl methyl sites for hydroxylation is 1. The number of anilines is 1. The molecule has 1 aromatic carbocycles. The first-order chi connectivity index (χ1) is 9.70. The van der Waals surface area contributed by atoms with Gasteiger partial charge in [0.15, 0.2) is 5.82 Å². The third kappa shape index (κ3) is 3.77. The molecule has 20 heavy (non-hydrogen) atoms. The molecule has 6 heteroatoms. The number of ether oxygens (including phenoxy) is 1. The van der Waals surface area contributed by atoms with Gasteiger partial charge in [0.1, 0.15) is 12.9 Å². The van der Waals surface area contributed by atoms with Crippen LogP contribution in [-0.2, 0) is 17.8 Å². The van der Waals surface area contributed by atoms with Crippen molar-refractivity contribution < 1.29 is 9.53 Å². The first-order valence-corrected chi connectivity index (χ1v) is 6.97. The van der Waals surface area contributed by atoms with Crippen molar-refractivity contribution in [3.63, 3.8) is 0 Å². The van der Waals surface area contributed by atoms with Crippen molar-refractivity contribution in [2.24, 2.45) is 0 Å². The van der Waals surface area contributed by atoms with E-state index in [9.17, 15) is 4.79 Å². The van der Waals surface area contributed by atoms with Crippen molar-refractivity contribution in [3.05, 3.63) is 52.4 Å². The van der Waals surface area contributed by atoms with Gasteiger partial charge < -0.3 is 4.74 Å². The highest BCUT2D eigenvalue weighted by Gasteiger charge is 2.11. The first kappa shape index (κ1) is 14.5. The van der Waals surface area contributed by atoms with E-state index in [1.807, 2.05) is 37.3 Å². The summed E-state index contributed by atoms with van der Waals surface area (Å²) in [5, 5.41) is 2.60. The Morgan fingerprint density at radius 3 is 2.75 bits per heavy atom. The fourth-order valence-electron chi connectivity index (χ4n) is 1.60. The smallest absolute Gasteiger partial charge is 0.413 e. The maximum Gasteiger partial charge on any atom is 0.413 e. The van der Waals surface area contributed by atoms with Crippen LogP contribution >= 0.6 is 15.9 Å². The summed E-state index contributed by atoms with van der Waals surface area (Å²) in [6.45, 7) is 2.20. The van der Waals surface area contributed by atoms with Gasteiger partial charge in [-0.05, 0) is 27.9 Å². The van der Waals surface area contributed by atoms with Gasteiger partial charge in [-0.3, -0.25) is 5.32 Å². The van der Waals surface area contributed by atoms with Gasteiger partial charge in [0, 0.05) is 0 Å². The lowest BCUT2D eigenvalue weighted by Crippen LogP contribution is -2.15. The summed E-state index contributed by atoms with van der Waals surface area (Å²) >= 11 is 3.37. The Morgan fingerprint density at radius 2 is 2.05 bits per heavy atom. The fraction of sp³-hybridized carbons (Fsp3) is 0.214. The summed E-state index contributed by atoms with van der Waals surface area (Å²) < 4.78 is 5.81. The average molecular weight is 336 g/mol. The molecule has 0 radical (unpaired) electrons. The zero-order valence-corrected chi connectivity index (χ0v) is 12.6. The Morgan fingerprint density at radius 1 is 1.30 bits per heavy atom. The highest BCUT2D eigenvalue weighted by atomic mass is 79.9. The molecule has 2 aromatic rings. The van der Waals surface area contributed by atoms with E-state index in [0.717, 1.165) is 17.7 Å². The Kier molecular flexibility index (Phi) is 5.06. The minimum atomic E-state index is -0.546. The molecule has 2 rings (SSSR count). The zero-order chi connectivity index (χ0) is 14.4. The highest BCUT2D eigenvalue weighted by molar-refractivity contribution is 9.10. The van der Waals surface area contributed by atoms with Crippen LogP contribution in [0.3, 0.4) is 0 Å². The normalized spacial score (nSPS) is 10.1. The van der Waals surface area contributed by atoms with E-state index in [1.54, 1.807) is 0 Å². The van der Waals surface area contributed by atoms with Crippen LogP contribution in [0.15, 0.2) is 41.1 Å². The molecule has 1 heterocycles. The van der Waals surface area contributed by atoms with Crippen molar-refractivity contribution in [1.29, 1.82) is 0 Å². The van der Waals surface area contributed by atoms with Crippen molar-refractivity contribution in [3.8, 4) is 0 Å². The number of hydrogen-bond donors (Lipinski definition) is 1. The largest absolute Gasteiger partial charge is 0.444 e. The topological polar surface area (TPSA) is 64.1 Å². The molecule has 0 fully saturated rings. The van der Waals surface area contributed by atoms with Gasteiger partial charge in [0.25, 0.3) is 0 Å². The minimum Gasteiger partial charge on any atom is -0.444 e. The summed E-state index contributed by atoms with van der Waals surface area (Å²) in [5.74, 6) is 0.412. The van der Waals surface area contributed by atoms with E-state index >= 15 is 0 Å². The lowest BCUT2D eigenvalue weighted by atomic mass is 10.2. The average Bonchev–Trinajstić information content (AvgIpc) is 2.48. The highest BCUT2D eigenvalue weighted by Crippen LogP contribution is 2.22. The number of amides is 1. The molecule has 0 bridgehead atoms. The number of carbonyl (C=O) groups is 1. The minimum absolute atomic E-state index is 0.218. The van der Waals surface area contributed by atoms with Crippen molar-refractivity contribution in [2.75, 3.05) is 5.32 Å². The van der Waals surface area contributed by atoms with Gasteiger partial charge in [0.05, 0.1) is 10.2 Å². The molecule has 1 N–H and O–H groups in total. The van der Waals surface area contributed by atoms with E-state index < -0.39 is 6.09 Å². The second-order valence-corrected chi connectivity index (χ2v) is 4.82. The molecule has 0 unspecified atom stereocenters. The van der Waals surface area contributed by atoms with E-state index in [1.165, 1.54) is 6.33 Å². The van der Waals surface area contributed by atoms with Crippen LogP contribution in [-0.4, -0.2) is 16.1 Å². The van der Waals surface area contributed by atoms with Gasteiger partial charge in [-0.15, -0.1) is 0 Å². The van der Waals surface area contributed by atoms with Crippen LogP contribution in [0.4, 0.5) is 10.6 Å². The molecule has 104 valence electrons. The fourth-order valence-corrected chi connectivity index (χ4v) is 2.18. The lowest BCUT2D eigenvalue weighted by Gasteiger charge is -2.09. The van der Waals surface area contributed by atoms with Gasteiger partial charge >= 0.3 is 6.09 Å². The second-order valence-electron chi connectivity index (χ2n) is 4.02. The molecule has 0 aliphatic carbocycles. The summed E-state index contributed by atoms with van der Waals surface area (Å²) in [7, 11) is 0. The van der Waals surface area contributed by atoms with Crippen molar-refractivity contribution >= 4 is 27.8 Å². The number of nitrogens with zero attached hydrogens (tertiary/aromatic N) is 2. The quantitative estimate of drug-likeness (QED) is 0.927. The summed E-state index contributed by atoms with van der Waals surface area (Å²) in [6.07, 6.45) is 1.61. The predicted molar refractivity (Wildman–Crippen MR) is 79.4 cm³/mol. The Labute approximate surface area is 125 Å². The van der Waals surface area contributed by atoms with Crippen LogP contribution in [0.25, 0.3) is 0 Å². The standard InChI is InChI=1S/C14H14BrN3O2/c1-2-11-12(15)13(17-9-16-11)18-14(19)20-8-10-6-4-3-5-7-10/h3-7,9H,2,8H2,1H3,(H,16,17,18,19). The Bertz CT molecular complexity index is 590. The molecular formula is C14H14BrN3O2. The van der Waals surface area contributed by atoms with Crippen molar-refractivity contribution in [1.82, 2.24) is 9.97 Å². The first-order valence-electron chi connectivity index (χ1n) is 6.17. The third-order valence-corrected chi connectivity index (χ3v) is 3.46. The van der Waals surface area contributed by atoms with Gasteiger partial charge in [-0.2, -0.15) is 0 Å². The summed E-state index contributed by atoms with van der Waals surface area (Å²) in [6, 6.07) is 9.48. The van der Waals surface area contributed by atoms with Crippen LogP contribution in [0.1, 0.15) is 18.2 Å². The monoisotopic (exact) mass is 335 g/mol. The molecule has 0 aliphatic rings. The number of aromatic nitrogens is 2. The maximum atomic E-state index is 11.7. The Hall–Kier alpha value is -1.95. The molecule has 0 saturated carbocycles. The SMILES string of the molecule is CCc1ncnc(NC(=O)OCc2ccccc2)c1Br. The van der Waals surface area contributed by atoms with Gasteiger partial charge in [0.2, 0.25) is 0 Å². The Balaban J connectivity index is 1.95. The molecule has 0 aliphatic heterocycles.